The molecule has 2 aromatic carbocycles. The summed E-state index contributed by atoms with van der Waals surface area (Å²) in [5, 5.41) is 44.0. The largest absolute Gasteiger partial charge is 0.475 e. The number of hydrogen-bond donors (Lipinski definition) is 3. The first-order chi connectivity index (χ1) is 18.8. The lowest BCUT2D eigenvalue weighted by Gasteiger charge is -2.38. The van der Waals surface area contributed by atoms with Crippen LogP contribution in [0.4, 0.5) is 4.39 Å². The van der Waals surface area contributed by atoms with Gasteiger partial charge < -0.3 is 20.1 Å². The van der Waals surface area contributed by atoms with Crippen molar-refractivity contribution in [3.8, 4) is 16.9 Å². The van der Waals surface area contributed by atoms with E-state index in [1.807, 2.05) is 19.1 Å². The van der Waals surface area contributed by atoms with Crippen LogP contribution in [0, 0.1) is 12.7 Å². The van der Waals surface area contributed by atoms with Gasteiger partial charge in [0.1, 0.15) is 29.8 Å². The van der Waals surface area contributed by atoms with Gasteiger partial charge in [0, 0.05) is 12.0 Å². The average Bonchev–Trinajstić information content (AvgIpc) is 3.66. The molecule has 1 fully saturated rings. The number of aliphatic hydroxyl groups is 2. The van der Waals surface area contributed by atoms with Crippen LogP contribution in [0.3, 0.4) is 0 Å². The summed E-state index contributed by atoms with van der Waals surface area (Å²) in [4.78, 5) is 20.5. The first kappa shape index (κ1) is 25.2. The van der Waals surface area contributed by atoms with Gasteiger partial charge in [-0.3, -0.25) is 0 Å². The number of benzene rings is 2. The van der Waals surface area contributed by atoms with Crippen molar-refractivity contribution in [1.82, 2.24) is 34.7 Å². The van der Waals surface area contributed by atoms with Crippen LogP contribution in [0.5, 0.6) is 0 Å². The third kappa shape index (κ3) is 4.67. The molecule has 3 N–H and O–H groups in total. The van der Waals surface area contributed by atoms with Gasteiger partial charge in [-0.2, -0.15) is 0 Å². The zero-order chi connectivity index (χ0) is 27.3. The van der Waals surface area contributed by atoms with Crippen LogP contribution in [-0.2, 0) is 4.74 Å². The Bertz CT molecular complexity index is 1680. The highest BCUT2D eigenvalue weighted by Gasteiger charge is 2.42. The van der Waals surface area contributed by atoms with E-state index in [1.54, 1.807) is 24.4 Å². The fourth-order valence-corrected chi connectivity index (χ4v) is 5.59. The quantitative estimate of drug-likeness (QED) is 0.286. The zero-order valence-corrected chi connectivity index (χ0v) is 21.2. The minimum absolute atomic E-state index is 0.114. The molecule has 4 heterocycles. The topological polar surface area (TPSA) is 161 Å². The smallest absolute Gasteiger partial charge is 0.375 e. The minimum atomic E-state index is -1.31. The summed E-state index contributed by atoms with van der Waals surface area (Å²) in [6.45, 7) is 1.39. The molecule has 200 valence electrons. The van der Waals surface area contributed by atoms with Gasteiger partial charge in [-0.1, -0.05) is 17.3 Å². The van der Waals surface area contributed by atoms with E-state index < -0.39 is 48.6 Å². The molecule has 1 saturated heterocycles. The van der Waals surface area contributed by atoms with Crippen LogP contribution in [0.1, 0.15) is 40.0 Å². The number of hydrogen-bond acceptors (Lipinski definition) is 10. The van der Waals surface area contributed by atoms with Crippen molar-refractivity contribution >= 4 is 27.5 Å². The standard InChI is InChI=1S/C25H22FN7O5S/c1-12-27-16-6-5-15(8-21(16)39-12)33-24(28-23(30-33)25(36)37)19-9-18(22(35)20(11-34)38-19)32-10-17(29-31-32)13-3-2-4-14(26)7-13/h2-8,10,18-20,22,34-35H,9,11H2,1H3,(H,36,37)/t18-,19?,20-,22-/m1/s1. The molecule has 14 heteroatoms. The van der Waals surface area contributed by atoms with Gasteiger partial charge >= 0.3 is 5.97 Å². The normalized spacial score (nSPS) is 21.4. The Balaban J connectivity index is 1.39. The van der Waals surface area contributed by atoms with Crippen molar-refractivity contribution < 1.29 is 29.2 Å². The van der Waals surface area contributed by atoms with Crippen molar-refractivity contribution in [3.05, 3.63) is 71.1 Å². The predicted octanol–water partition coefficient (Wildman–Crippen LogP) is 2.71. The van der Waals surface area contributed by atoms with Crippen LogP contribution in [-0.4, -0.2) is 74.8 Å². The summed E-state index contributed by atoms with van der Waals surface area (Å²) in [6.07, 6.45) is -1.37. The number of aryl methyl sites for hydroxylation is 1. The molecule has 1 aliphatic rings. The Kier molecular flexibility index (Phi) is 6.38. The molecular formula is C25H22FN7O5S. The molecule has 1 unspecified atom stereocenters. The number of aromatic nitrogens is 7. The SMILES string of the molecule is Cc1nc2ccc(-n3nc(C(=O)O)nc3C3C[C@@H](n4cc(-c5cccc(F)c5)nn4)[C@@H](O)[C@@H](CO)O3)cc2s1. The van der Waals surface area contributed by atoms with E-state index in [0.29, 0.717) is 16.9 Å². The molecule has 12 nitrogen and oxygen atoms in total. The zero-order valence-electron chi connectivity index (χ0n) is 20.4. The maximum atomic E-state index is 13.7. The second kappa shape index (κ2) is 9.89. The molecule has 0 saturated carbocycles. The number of carboxylic acids is 1. The van der Waals surface area contributed by atoms with Gasteiger partial charge in [-0.05, 0) is 37.3 Å². The Morgan fingerprint density at radius 2 is 2.08 bits per heavy atom. The highest BCUT2D eigenvalue weighted by atomic mass is 32.1. The number of nitrogens with zero attached hydrogens (tertiary/aromatic N) is 7. The van der Waals surface area contributed by atoms with E-state index in [1.165, 1.54) is 32.8 Å². The Morgan fingerprint density at radius 1 is 1.23 bits per heavy atom. The number of carboxylic acid groups (broad SMARTS) is 1. The molecule has 4 atom stereocenters. The summed E-state index contributed by atoms with van der Waals surface area (Å²) in [5.74, 6) is -1.97. The molecule has 5 aromatic rings. The van der Waals surface area contributed by atoms with E-state index >= 15 is 0 Å². The van der Waals surface area contributed by atoms with E-state index in [0.717, 1.165) is 15.2 Å². The third-order valence-electron chi connectivity index (χ3n) is 6.56. The minimum Gasteiger partial charge on any atom is -0.475 e. The fourth-order valence-electron chi connectivity index (χ4n) is 4.73. The molecule has 0 amide bonds. The number of halogens is 1. The number of carbonyl (C=O) groups is 1. The summed E-state index contributed by atoms with van der Waals surface area (Å²) < 4.78 is 23.5. The van der Waals surface area contributed by atoms with Crippen molar-refractivity contribution in [2.75, 3.05) is 6.61 Å². The Hall–Kier alpha value is -4.11. The lowest BCUT2D eigenvalue weighted by Crippen LogP contribution is -2.45. The first-order valence-electron chi connectivity index (χ1n) is 12.0. The van der Waals surface area contributed by atoms with Crippen LogP contribution in [0.2, 0.25) is 0 Å². The molecule has 39 heavy (non-hydrogen) atoms. The van der Waals surface area contributed by atoms with E-state index in [2.05, 4.69) is 25.4 Å². The van der Waals surface area contributed by atoms with Gasteiger partial charge in [0.05, 0.1) is 39.8 Å². The highest BCUT2D eigenvalue weighted by molar-refractivity contribution is 7.18. The molecular weight excluding hydrogens is 529 g/mol. The summed E-state index contributed by atoms with van der Waals surface area (Å²) >= 11 is 1.49. The molecule has 0 radical (unpaired) electrons. The lowest BCUT2D eigenvalue weighted by atomic mass is 9.95. The number of fused-ring (bicyclic) bond motifs is 1. The van der Waals surface area contributed by atoms with Crippen molar-refractivity contribution in [3.63, 3.8) is 0 Å². The van der Waals surface area contributed by atoms with Crippen LogP contribution >= 0.6 is 11.3 Å². The maximum Gasteiger partial charge on any atom is 0.375 e. The first-order valence-corrected chi connectivity index (χ1v) is 12.8. The van der Waals surface area contributed by atoms with Crippen molar-refractivity contribution in [1.29, 1.82) is 0 Å². The molecule has 0 aliphatic carbocycles. The number of thiazole rings is 1. The number of aromatic carboxylic acids is 1. The van der Waals surface area contributed by atoms with Gasteiger partial charge in [-0.15, -0.1) is 21.5 Å². The number of aliphatic hydroxyl groups excluding tert-OH is 2. The van der Waals surface area contributed by atoms with Crippen LogP contribution < -0.4 is 0 Å². The summed E-state index contributed by atoms with van der Waals surface area (Å²) in [7, 11) is 0. The molecule has 0 spiro atoms. The van der Waals surface area contributed by atoms with Gasteiger partial charge in [0.15, 0.2) is 5.82 Å². The lowest BCUT2D eigenvalue weighted by molar-refractivity contribution is -0.161. The van der Waals surface area contributed by atoms with E-state index in [9.17, 15) is 24.5 Å². The Morgan fingerprint density at radius 3 is 2.85 bits per heavy atom. The van der Waals surface area contributed by atoms with Crippen molar-refractivity contribution in [2.24, 2.45) is 0 Å². The molecule has 6 rings (SSSR count). The van der Waals surface area contributed by atoms with Crippen LogP contribution in [0.25, 0.3) is 27.2 Å². The van der Waals surface area contributed by atoms with Gasteiger partial charge in [0.2, 0.25) is 0 Å². The second-order valence-corrected chi connectivity index (χ2v) is 10.4. The average molecular weight is 552 g/mol. The maximum absolute atomic E-state index is 13.7. The van der Waals surface area contributed by atoms with Crippen molar-refractivity contribution in [2.45, 2.75) is 37.7 Å². The molecule has 0 bridgehead atoms. The monoisotopic (exact) mass is 551 g/mol. The third-order valence-corrected chi connectivity index (χ3v) is 7.49. The summed E-state index contributed by atoms with van der Waals surface area (Å²) in [5.41, 5.74) is 2.27. The highest BCUT2D eigenvalue weighted by Crippen LogP contribution is 2.38. The number of rotatable bonds is 6. The van der Waals surface area contributed by atoms with E-state index in [4.69, 9.17) is 4.74 Å². The summed E-state index contributed by atoms with van der Waals surface area (Å²) in [6, 6.07) is 10.6. The van der Waals surface area contributed by atoms with Crippen LogP contribution in [0.15, 0.2) is 48.7 Å². The second-order valence-electron chi connectivity index (χ2n) is 9.13. The van der Waals surface area contributed by atoms with Gasteiger partial charge in [0.25, 0.3) is 5.82 Å². The Labute approximate surface area is 224 Å². The molecule has 3 aromatic heterocycles. The van der Waals surface area contributed by atoms with Gasteiger partial charge in [-0.25, -0.2) is 28.5 Å². The molecule has 1 aliphatic heterocycles. The fraction of sp³-hybridized carbons (Fsp3) is 0.280. The number of ether oxygens (including phenoxy) is 1. The van der Waals surface area contributed by atoms with E-state index in [-0.39, 0.29) is 12.2 Å². The predicted molar refractivity (Wildman–Crippen MR) is 136 cm³/mol.